The van der Waals surface area contributed by atoms with E-state index in [-0.39, 0.29) is 6.17 Å². The molecule has 3 heteroatoms. The molecule has 3 nitrogen and oxygen atoms in total. The zero-order valence-electron chi connectivity index (χ0n) is 9.33. The molecule has 0 bridgehead atoms. The molecule has 0 aromatic carbocycles. The van der Waals surface area contributed by atoms with Gasteiger partial charge in [0.25, 0.3) is 0 Å². The Morgan fingerprint density at radius 3 is 2.71 bits per heavy atom. The minimum absolute atomic E-state index is 0.245. The molecule has 0 amide bonds. The van der Waals surface area contributed by atoms with E-state index in [2.05, 4.69) is 18.3 Å². The van der Waals surface area contributed by atoms with Crippen molar-refractivity contribution in [3.05, 3.63) is 35.3 Å². The Kier molecular flexibility index (Phi) is 3.23. The molecule has 0 radical (unpaired) electrons. The van der Waals surface area contributed by atoms with Gasteiger partial charge in [-0.05, 0) is 36.4 Å². The lowest BCUT2D eigenvalue weighted by Gasteiger charge is -2.32. The topological polar surface area (TPSA) is 41.3 Å². The molecular formula is C11H19N3. The van der Waals surface area contributed by atoms with Gasteiger partial charge in [0.2, 0.25) is 0 Å². The highest BCUT2D eigenvalue weighted by atomic mass is 15.3. The van der Waals surface area contributed by atoms with E-state index < -0.39 is 0 Å². The van der Waals surface area contributed by atoms with Gasteiger partial charge in [-0.1, -0.05) is 13.8 Å². The highest BCUT2D eigenvalue weighted by Gasteiger charge is 2.25. The van der Waals surface area contributed by atoms with Crippen molar-refractivity contribution in [1.82, 2.24) is 10.2 Å². The molecule has 0 aromatic rings. The molecule has 1 unspecified atom stereocenters. The summed E-state index contributed by atoms with van der Waals surface area (Å²) in [5.41, 5.74) is 8.37. The normalized spacial score (nSPS) is 23.6. The number of nitrogens with one attached hydrogen (secondary N) is 1. The Labute approximate surface area is 86.0 Å². The number of allylic oxidation sites excluding steroid dienone is 2. The van der Waals surface area contributed by atoms with Crippen LogP contribution in [0.25, 0.3) is 0 Å². The summed E-state index contributed by atoms with van der Waals surface area (Å²) in [6.45, 7) is 6.08. The third-order valence-corrected chi connectivity index (χ3v) is 2.43. The van der Waals surface area contributed by atoms with Gasteiger partial charge in [-0.3, -0.25) is 0 Å². The molecule has 0 spiro atoms. The van der Waals surface area contributed by atoms with Crippen LogP contribution in [-0.4, -0.2) is 18.1 Å². The van der Waals surface area contributed by atoms with Crippen LogP contribution in [0.15, 0.2) is 35.3 Å². The van der Waals surface area contributed by atoms with Crippen molar-refractivity contribution in [3.63, 3.8) is 0 Å². The fourth-order valence-corrected chi connectivity index (χ4v) is 1.63. The Hall–Kier alpha value is -1.38. The predicted octanol–water partition coefficient (Wildman–Crippen LogP) is 1.52. The van der Waals surface area contributed by atoms with Gasteiger partial charge in [0.05, 0.1) is 0 Å². The third-order valence-electron chi connectivity index (χ3n) is 2.43. The van der Waals surface area contributed by atoms with Crippen molar-refractivity contribution >= 4 is 0 Å². The maximum Gasteiger partial charge on any atom is 0.126 e. The van der Waals surface area contributed by atoms with Crippen molar-refractivity contribution in [2.24, 2.45) is 5.73 Å². The van der Waals surface area contributed by atoms with E-state index in [9.17, 15) is 0 Å². The van der Waals surface area contributed by atoms with Crippen LogP contribution < -0.4 is 11.1 Å². The van der Waals surface area contributed by atoms with Crippen LogP contribution in [0.1, 0.15) is 20.8 Å². The zero-order valence-corrected chi connectivity index (χ0v) is 9.33. The molecule has 2 aliphatic rings. The SMILES string of the molecule is CC.CC1=C2C=CNC2N(C)C(N)=C1. The van der Waals surface area contributed by atoms with E-state index in [4.69, 9.17) is 5.73 Å². The smallest absolute Gasteiger partial charge is 0.126 e. The molecule has 0 saturated heterocycles. The van der Waals surface area contributed by atoms with Crippen molar-refractivity contribution < 1.29 is 0 Å². The van der Waals surface area contributed by atoms with E-state index in [1.807, 2.05) is 38.1 Å². The Morgan fingerprint density at radius 1 is 1.43 bits per heavy atom. The Morgan fingerprint density at radius 2 is 2.07 bits per heavy atom. The zero-order chi connectivity index (χ0) is 10.7. The van der Waals surface area contributed by atoms with Crippen molar-refractivity contribution in [2.45, 2.75) is 26.9 Å². The van der Waals surface area contributed by atoms with Crippen LogP contribution >= 0.6 is 0 Å². The van der Waals surface area contributed by atoms with Crippen molar-refractivity contribution in [2.75, 3.05) is 7.05 Å². The van der Waals surface area contributed by atoms with Gasteiger partial charge in [0, 0.05) is 7.05 Å². The van der Waals surface area contributed by atoms with E-state index in [1.165, 1.54) is 11.1 Å². The number of hydrogen-bond donors (Lipinski definition) is 2. The van der Waals surface area contributed by atoms with Crippen LogP contribution in [0, 0.1) is 0 Å². The summed E-state index contributed by atoms with van der Waals surface area (Å²) in [7, 11) is 1.99. The number of fused-ring (bicyclic) bond motifs is 1. The maximum absolute atomic E-state index is 5.81. The van der Waals surface area contributed by atoms with Crippen molar-refractivity contribution in [1.29, 1.82) is 0 Å². The summed E-state index contributed by atoms with van der Waals surface area (Å²) in [5, 5.41) is 3.24. The van der Waals surface area contributed by atoms with E-state index in [0.717, 1.165) is 5.82 Å². The monoisotopic (exact) mass is 193 g/mol. The maximum atomic E-state index is 5.81. The number of likely N-dealkylation sites (N-methyl/N-ethyl adjacent to an activating group) is 1. The average Bonchev–Trinajstić information content (AvgIpc) is 2.67. The second kappa shape index (κ2) is 4.22. The molecule has 0 aromatic heterocycles. The van der Waals surface area contributed by atoms with Crippen LogP contribution in [0.5, 0.6) is 0 Å². The first-order valence-electron chi connectivity index (χ1n) is 5.03. The van der Waals surface area contributed by atoms with E-state index >= 15 is 0 Å². The minimum Gasteiger partial charge on any atom is -0.385 e. The van der Waals surface area contributed by atoms with Gasteiger partial charge in [-0.25, -0.2) is 0 Å². The second-order valence-corrected chi connectivity index (χ2v) is 3.22. The van der Waals surface area contributed by atoms with Crippen LogP contribution in [0.3, 0.4) is 0 Å². The van der Waals surface area contributed by atoms with Crippen LogP contribution in [0.4, 0.5) is 0 Å². The number of nitrogens with two attached hydrogens (primary N) is 1. The molecule has 3 N–H and O–H groups in total. The van der Waals surface area contributed by atoms with Crippen LogP contribution in [-0.2, 0) is 0 Å². The highest BCUT2D eigenvalue weighted by molar-refractivity contribution is 5.43. The summed E-state index contributed by atoms with van der Waals surface area (Å²) >= 11 is 0. The fraction of sp³-hybridized carbons (Fsp3) is 0.455. The summed E-state index contributed by atoms with van der Waals surface area (Å²) in [5.74, 6) is 0.817. The molecule has 14 heavy (non-hydrogen) atoms. The summed E-state index contributed by atoms with van der Waals surface area (Å²) in [4.78, 5) is 2.03. The molecular weight excluding hydrogens is 174 g/mol. The quantitative estimate of drug-likeness (QED) is 0.613. The molecule has 2 aliphatic heterocycles. The van der Waals surface area contributed by atoms with E-state index in [0.29, 0.717) is 0 Å². The molecule has 2 heterocycles. The molecule has 78 valence electrons. The first kappa shape index (κ1) is 10.7. The molecule has 0 saturated carbocycles. The molecule has 2 rings (SSSR count). The van der Waals surface area contributed by atoms with Gasteiger partial charge in [0.1, 0.15) is 12.0 Å². The third kappa shape index (κ3) is 1.62. The predicted molar refractivity (Wildman–Crippen MR) is 60.1 cm³/mol. The van der Waals surface area contributed by atoms with Gasteiger partial charge >= 0.3 is 0 Å². The van der Waals surface area contributed by atoms with Crippen molar-refractivity contribution in [3.8, 4) is 0 Å². The minimum atomic E-state index is 0.245. The highest BCUT2D eigenvalue weighted by Crippen LogP contribution is 2.25. The lowest BCUT2D eigenvalue weighted by Crippen LogP contribution is -2.43. The Balaban J connectivity index is 0.000000461. The number of hydrogen-bond acceptors (Lipinski definition) is 3. The number of rotatable bonds is 0. The largest absolute Gasteiger partial charge is 0.385 e. The first-order chi connectivity index (χ1) is 6.70. The molecule has 0 fully saturated rings. The van der Waals surface area contributed by atoms with Gasteiger partial charge in [0.15, 0.2) is 0 Å². The van der Waals surface area contributed by atoms with Gasteiger partial charge in [-0.2, -0.15) is 0 Å². The molecule has 1 atom stereocenters. The lowest BCUT2D eigenvalue weighted by molar-refractivity contribution is 0.315. The summed E-state index contributed by atoms with van der Waals surface area (Å²) < 4.78 is 0. The summed E-state index contributed by atoms with van der Waals surface area (Å²) in [6.07, 6.45) is 6.31. The van der Waals surface area contributed by atoms with Gasteiger partial charge < -0.3 is 16.0 Å². The number of nitrogens with zero attached hydrogens (tertiary/aromatic N) is 1. The van der Waals surface area contributed by atoms with Gasteiger partial charge in [-0.15, -0.1) is 0 Å². The molecule has 0 aliphatic carbocycles. The average molecular weight is 193 g/mol. The standard InChI is InChI=1S/C9H13N3.C2H6/c1-6-5-8(10)12(2)9-7(6)3-4-11-9;1-2/h3-5,9,11H,10H2,1-2H3;1-2H3. The first-order valence-corrected chi connectivity index (χ1v) is 5.03. The summed E-state index contributed by atoms with van der Waals surface area (Å²) in [6, 6.07) is 0. The second-order valence-electron chi connectivity index (χ2n) is 3.22. The van der Waals surface area contributed by atoms with E-state index in [1.54, 1.807) is 0 Å². The fourth-order valence-electron chi connectivity index (χ4n) is 1.63. The lowest BCUT2D eigenvalue weighted by atomic mass is 10.0. The van der Waals surface area contributed by atoms with Crippen LogP contribution in [0.2, 0.25) is 0 Å². The Bertz CT molecular complexity index is 300.